The quantitative estimate of drug-likeness (QED) is 0.0546. The molecular weight excluding hydrogens is 460 g/mol. The van der Waals surface area contributed by atoms with Crippen LogP contribution in [-0.2, 0) is 14.3 Å². The van der Waals surface area contributed by atoms with Gasteiger partial charge < -0.3 is 26.4 Å². The molecule has 10 N–H and O–H groups in total. The second kappa shape index (κ2) is 19.6. The van der Waals surface area contributed by atoms with Gasteiger partial charge in [-0.3, -0.25) is 19.6 Å². The van der Waals surface area contributed by atoms with E-state index in [1.54, 1.807) is 0 Å². The Balaban J connectivity index is 4.13. The summed E-state index contributed by atoms with van der Waals surface area (Å²) in [6.07, 6.45) is 9.94. The lowest BCUT2D eigenvalue weighted by molar-refractivity contribution is -0.138. The van der Waals surface area contributed by atoms with Gasteiger partial charge in [0.15, 0.2) is 0 Å². The van der Waals surface area contributed by atoms with Crippen LogP contribution in [0.15, 0.2) is 0 Å². The highest BCUT2D eigenvalue weighted by Crippen LogP contribution is 2.16. The maximum absolute atomic E-state index is 11.5. The van der Waals surface area contributed by atoms with Crippen LogP contribution in [0.1, 0.15) is 89.9 Å². The van der Waals surface area contributed by atoms with Gasteiger partial charge in [0.2, 0.25) is 0 Å². The van der Waals surface area contributed by atoms with Crippen molar-refractivity contribution < 1.29 is 34.1 Å². The van der Waals surface area contributed by atoms with Gasteiger partial charge in [0.1, 0.15) is 0 Å². The molecule has 0 saturated heterocycles. The van der Waals surface area contributed by atoms with Gasteiger partial charge in [0.25, 0.3) is 0 Å². The van der Waals surface area contributed by atoms with Crippen LogP contribution in [-0.4, -0.2) is 69.5 Å². The molecular formula is C22H44N6O7. The van der Waals surface area contributed by atoms with Crippen molar-refractivity contribution >= 4 is 24.0 Å². The Morgan fingerprint density at radius 2 is 1.09 bits per heavy atom. The molecule has 0 aromatic rings. The number of carbonyl (C=O) groups excluding carboxylic acids is 2. The molecule has 0 aromatic heterocycles. The molecule has 0 aliphatic carbocycles. The predicted molar refractivity (Wildman–Crippen MR) is 130 cm³/mol. The normalized spacial score (nSPS) is 12.6. The number of ether oxygens (including phenoxy) is 1. The van der Waals surface area contributed by atoms with Crippen molar-refractivity contribution in [3.8, 4) is 0 Å². The van der Waals surface area contributed by atoms with E-state index in [1.807, 2.05) is 0 Å². The van der Waals surface area contributed by atoms with Crippen LogP contribution in [0.5, 0.6) is 0 Å². The van der Waals surface area contributed by atoms with E-state index in [1.165, 1.54) is 0 Å². The molecule has 13 nitrogen and oxygen atoms in total. The zero-order valence-corrected chi connectivity index (χ0v) is 20.6. The van der Waals surface area contributed by atoms with E-state index in [9.17, 15) is 19.2 Å². The number of rotatable bonds is 22. The Bertz CT molecular complexity index is 637. The molecule has 0 saturated carbocycles. The Morgan fingerprint density at radius 3 is 1.57 bits per heavy atom. The number of amides is 4. The van der Waals surface area contributed by atoms with Crippen molar-refractivity contribution in [2.45, 2.75) is 102 Å². The van der Waals surface area contributed by atoms with Gasteiger partial charge in [-0.05, 0) is 32.1 Å². The number of hydrogen-bond acceptors (Lipinski definition) is 7. The average Bonchev–Trinajstić information content (AvgIpc) is 2.78. The highest BCUT2D eigenvalue weighted by Gasteiger charge is 2.26. The molecule has 13 heteroatoms. The molecule has 0 aliphatic heterocycles. The fraction of sp³-hybridized carbons (Fsp3) is 0.818. The minimum Gasteiger partial charge on any atom is -0.481 e. The summed E-state index contributed by atoms with van der Waals surface area (Å²) in [6, 6.07) is -3.14. The van der Waals surface area contributed by atoms with E-state index in [0.717, 1.165) is 62.8 Å². The first kappa shape index (κ1) is 32.4. The molecule has 2 atom stereocenters. The van der Waals surface area contributed by atoms with E-state index in [0.29, 0.717) is 24.6 Å². The molecule has 4 amide bonds. The largest absolute Gasteiger partial charge is 0.481 e. The molecule has 204 valence electrons. The van der Waals surface area contributed by atoms with E-state index in [4.69, 9.17) is 38.1 Å². The van der Waals surface area contributed by atoms with E-state index in [2.05, 4.69) is 0 Å². The first-order valence-corrected chi connectivity index (χ1v) is 12.2. The Kier molecular flexibility index (Phi) is 18.2. The van der Waals surface area contributed by atoms with Crippen molar-refractivity contribution in [3.05, 3.63) is 0 Å². The van der Waals surface area contributed by atoms with Crippen LogP contribution in [0.4, 0.5) is 9.59 Å². The summed E-state index contributed by atoms with van der Waals surface area (Å²) in [4.78, 5) is 44.4. The van der Waals surface area contributed by atoms with Crippen LogP contribution in [0.2, 0.25) is 0 Å². The number of hydrogen-bond donors (Lipinski definition) is 6. The lowest BCUT2D eigenvalue weighted by atomic mass is 10.0. The fourth-order valence-corrected chi connectivity index (χ4v) is 3.75. The van der Waals surface area contributed by atoms with Crippen LogP contribution in [0.3, 0.4) is 0 Å². The molecule has 0 spiro atoms. The van der Waals surface area contributed by atoms with Gasteiger partial charge in [0.05, 0.1) is 18.5 Å². The third-order valence-corrected chi connectivity index (χ3v) is 5.81. The predicted octanol–water partition coefficient (Wildman–Crippen LogP) is 1.88. The summed E-state index contributed by atoms with van der Waals surface area (Å²) in [5.41, 5.74) is 10.4. The maximum atomic E-state index is 11.5. The number of carboxylic acid groups (broad SMARTS) is 2. The minimum atomic E-state index is -1.14. The second-order valence-corrected chi connectivity index (χ2v) is 8.70. The number of hydrazine groups is 2. The zero-order valence-electron chi connectivity index (χ0n) is 20.6. The Hall–Kier alpha value is -2.64. The third-order valence-electron chi connectivity index (χ3n) is 5.81. The topological polar surface area (TPSA) is 229 Å². The van der Waals surface area contributed by atoms with Gasteiger partial charge in [0, 0.05) is 19.6 Å². The molecule has 0 heterocycles. The smallest absolute Gasteiger partial charge is 0.329 e. The molecule has 0 aliphatic rings. The van der Waals surface area contributed by atoms with Crippen molar-refractivity contribution in [2.75, 3.05) is 13.2 Å². The van der Waals surface area contributed by atoms with Crippen LogP contribution in [0, 0.1) is 0 Å². The van der Waals surface area contributed by atoms with E-state index in [-0.39, 0.29) is 19.3 Å². The number of nitrogens with two attached hydrogens (primary N) is 4. The molecule has 0 fully saturated rings. The van der Waals surface area contributed by atoms with E-state index < -0.39 is 42.5 Å². The lowest BCUT2D eigenvalue weighted by Gasteiger charge is -2.30. The van der Waals surface area contributed by atoms with Crippen LogP contribution >= 0.6 is 0 Å². The molecule has 2 unspecified atom stereocenters. The number of carboxylic acids is 2. The number of aliphatic carboxylic acids is 2. The van der Waals surface area contributed by atoms with Crippen molar-refractivity contribution in [2.24, 2.45) is 23.2 Å². The first-order chi connectivity index (χ1) is 16.6. The summed E-state index contributed by atoms with van der Waals surface area (Å²) in [6.45, 7) is 0.913. The standard InChI is InChI=1S/C22H44N6O7/c23-21(33)27(25)17(11-12-18(16-20(31)32)28(26)22(24)34)13-15-35-14-9-7-5-3-1-2-4-6-8-10-19(29)30/h17-18H,1-16,25-26H2,(H2,23,33)(H2,24,34)(H,29,30)(H,31,32). The van der Waals surface area contributed by atoms with Crippen molar-refractivity contribution in [1.82, 2.24) is 10.0 Å². The zero-order chi connectivity index (χ0) is 26.6. The van der Waals surface area contributed by atoms with Crippen molar-refractivity contribution in [1.29, 1.82) is 0 Å². The molecule has 0 aromatic carbocycles. The SMILES string of the molecule is NC(=O)N(N)C(CCOCCCCCCCCCCCC(=O)O)CCC(CC(=O)O)N(N)C(N)=O. The summed E-state index contributed by atoms with van der Waals surface area (Å²) < 4.78 is 5.66. The van der Waals surface area contributed by atoms with Gasteiger partial charge in [-0.2, -0.15) is 0 Å². The second-order valence-electron chi connectivity index (χ2n) is 8.70. The lowest BCUT2D eigenvalue weighted by Crippen LogP contribution is -2.52. The Labute approximate surface area is 207 Å². The van der Waals surface area contributed by atoms with E-state index >= 15 is 0 Å². The third kappa shape index (κ3) is 17.4. The first-order valence-electron chi connectivity index (χ1n) is 12.2. The highest BCUT2D eigenvalue weighted by molar-refractivity contribution is 5.73. The van der Waals surface area contributed by atoms with Gasteiger partial charge in [-0.1, -0.05) is 44.9 Å². The number of carbonyl (C=O) groups is 4. The minimum absolute atomic E-state index is 0.164. The summed E-state index contributed by atoms with van der Waals surface area (Å²) >= 11 is 0. The number of unbranched alkanes of at least 4 members (excludes halogenated alkanes) is 8. The Morgan fingerprint density at radius 1 is 0.629 bits per heavy atom. The number of urea groups is 2. The number of nitrogens with zero attached hydrogens (tertiary/aromatic N) is 2. The molecule has 0 radical (unpaired) electrons. The van der Waals surface area contributed by atoms with Gasteiger partial charge in [-0.25, -0.2) is 21.3 Å². The van der Waals surface area contributed by atoms with Crippen LogP contribution in [0.25, 0.3) is 0 Å². The van der Waals surface area contributed by atoms with Crippen LogP contribution < -0.4 is 23.2 Å². The summed E-state index contributed by atoms with van der Waals surface area (Å²) in [7, 11) is 0. The molecule has 35 heavy (non-hydrogen) atoms. The molecule has 0 rings (SSSR count). The van der Waals surface area contributed by atoms with Crippen molar-refractivity contribution in [3.63, 3.8) is 0 Å². The van der Waals surface area contributed by atoms with Gasteiger partial charge in [-0.15, -0.1) is 0 Å². The fourth-order valence-electron chi connectivity index (χ4n) is 3.75. The molecule has 0 bridgehead atoms. The maximum Gasteiger partial charge on any atom is 0.329 e. The highest BCUT2D eigenvalue weighted by atomic mass is 16.5. The monoisotopic (exact) mass is 504 g/mol. The number of primary amides is 2. The summed E-state index contributed by atoms with van der Waals surface area (Å²) in [5, 5.41) is 19.2. The van der Waals surface area contributed by atoms with Gasteiger partial charge >= 0.3 is 24.0 Å². The average molecular weight is 505 g/mol. The summed E-state index contributed by atoms with van der Waals surface area (Å²) in [5.74, 6) is 9.48.